The maximum absolute atomic E-state index is 12.7. The third-order valence-corrected chi connectivity index (χ3v) is 6.72. The fourth-order valence-electron chi connectivity index (χ4n) is 4.63. The zero-order valence-corrected chi connectivity index (χ0v) is 18.1. The number of hydrogen-bond acceptors (Lipinski definition) is 4. The minimum atomic E-state index is -1.06. The number of nitrogens with one attached hydrogen (secondary N) is 2. The Kier molecular flexibility index (Phi) is 6.17. The summed E-state index contributed by atoms with van der Waals surface area (Å²) in [4.78, 5) is 36.4. The summed E-state index contributed by atoms with van der Waals surface area (Å²) in [5.74, 6) is -1.41. The number of carboxylic acid groups (broad SMARTS) is 1. The molecule has 0 aromatic heterocycles. The highest BCUT2D eigenvalue weighted by atomic mass is 16.5. The molecule has 1 fully saturated rings. The molecule has 2 aliphatic carbocycles. The van der Waals surface area contributed by atoms with E-state index in [1.165, 1.54) is 0 Å². The zero-order valence-electron chi connectivity index (χ0n) is 18.1. The lowest BCUT2D eigenvalue weighted by atomic mass is 9.68. The van der Waals surface area contributed by atoms with E-state index < -0.39 is 23.5 Å². The summed E-state index contributed by atoms with van der Waals surface area (Å²) in [6.07, 6.45) is 1.81. The monoisotopic (exact) mass is 436 g/mol. The number of hydrogen-bond donors (Lipinski definition) is 3. The first-order valence-corrected chi connectivity index (χ1v) is 11.1. The SMILES string of the molecule is CC[C@H](NC(=O)C1(CNC(=O)OCC2c3ccccc3-c3ccccc32)CCC1)C(=O)O. The number of benzene rings is 2. The summed E-state index contributed by atoms with van der Waals surface area (Å²) >= 11 is 0. The van der Waals surface area contributed by atoms with E-state index in [9.17, 15) is 19.5 Å². The Balaban J connectivity index is 1.35. The van der Waals surface area contributed by atoms with Crippen LogP contribution in [-0.2, 0) is 14.3 Å². The van der Waals surface area contributed by atoms with Crippen LogP contribution < -0.4 is 10.6 Å². The molecule has 7 nitrogen and oxygen atoms in total. The van der Waals surface area contributed by atoms with Gasteiger partial charge in [-0.05, 0) is 41.5 Å². The molecule has 0 unspecified atom stereocenters. The van der Waals surface area contributed by atoms with Gasteiger partial charge in [-0.1, -0.05) is 61.9 Å². The van der Waals surface area contributed by atoms with Crippen molar-refractivity contribution in [2.45, 2.75) is 44.6 Å². The van der Waals surface area contributed by atoms with Gasteiger partial charge in [0.2, 0.25) is 5.91 Å². The molecule has 1 saturated carbocycles. The highest BCUT2D eigenvalue weighted by Crippen LogP contribution is 2.44. The molecule has 0 heterocycles. The van der Waals surface area contributed by atoms with E-state index in [4.69, 9.17) is 4.74 Å². The van der Waals surface area contributed by atoms with E-state index in [1.54, 1.807) is 6.92 Å². The van der Waals surface area contributed by atoms with Gasteiger partial charge in [-0.3, -0.25) is 4.79 Å². The maximum atomic E-state index is 12.7. The highest BCUT2D eigenvalue weighted by molar-refractivity contribution is 5.88. The average molecular weight is 437 g/mol. The van der Waals surface area contributed by atoms with Crippen molar-refractivity contribution in [3.8, 4) is 11.1 Å². The zero-order chi connectivity index (χ0) is 22.7. The Morgan fingerprint density at radius 3 is 2.16 bits per heavy atom. The molecule has 1 atom stereocenters. The predicted molar refractivity (Wildman–Crippen MR) is 119 cm³/mol. The standard InChI is InChI=1S/C25H28N2O5/c1-2-21(22(28)29)27-23(30)25(12-7-13-25)15-26-24(31)32-14-20-18-10-5-3-8-16(18)17-9-4-6-11-19(17)20/h3-6,8-11,20-21H,2,7,12-15H2,1H3,(H,26,31)(H,27,30)(H,28,29)/t21-/m0/s1. The molecule has 7 heteroatoms. The van der Waals surface area contributed by atoms with Crippen LogP contribution >= 0.6 is 0 Å². The van der Waals surface area contributed by atoms with Gasteiger partial charge in [0, 0.05) is 12.5 Å². The van der Waals surface area contributed by atoms with Crippen molar-refractivity contribution >= 4 is 18.0 Å². The predicted octanol–water partition coefficient (Wildman–Crippen LogP) is 3.67. The van der Waals surface area contributed by atoms with Crippen LogP contribution in [0.5, 0.6) is 0 Å². The number of amides is 2. The van der Waals surface area contributed by atoms with Crippen LogP contribution in [0.25, 0.3) is 11.1 Å². The van der Waals surface area contributed by atoms with E-state index in [0.717, 1.165) is 28.7 Å². The molecule has 4 rings (SSSR count). The maximum Gasteiger partial charge on any atom is 0.407 e. The fraction of sp³-hybridized carbons (Fsp3) is 0.400. The van der Waals surface area contributed by atoms with Crippen LogP contribution in [-0.4, -0.2) is 42.3 Å². The van der Waals surface area contributed by atoms with Crippen molar-refractivity contribution in [1.29, 1.82) is 0 Å². The third kappa shape index (κ3) is 4.07. The van der Waals surface area contributed by atoms with Crippen LogP contribution in [0.2, 0.25) is 0 Å². The second-order valence-corrected chi connectivity index (χ2v) is 8.59. The highest BCUT2D eigenvalue weighted by Gasteiger charge is 2.45. The quantitative estimate of drug-likeness (QED) is 0.586. The van der Waals surface area contributed by atoms with Gasteiger partial charge in [-0.25, -0.2) is 9.59 Å². The minimum absolute atomic E-state index is 0.0324. The minimum Gasteiger partial charge on any atom is -0.480 e. The smallest absolute Gasteiger partial charge is 0.407 e. The van der Waals surface area contributed by atoms with Gasteiger partial charge in [0.15, 0.2) is 0 Å². The van der Waals surface area contributed by atoms with Gasteiger partial charge < -0.3 is 20.5 Å². The molecule has 2 amide bonds. The van der Waals surface area contributed by atoms with E-state index in [-0.39, 0.29) is 25.0 Å². The van der Waals surface area contributed by atoms with Crippen LogP contribution in [0.4, 0.5) is 4.79 Å². The van der Waals surface area contributed by atoms with Crippen LogP contribution in [0.15, 0.2) is 48.5 Å². The lowest BCUT2D eigenvalue weighted by molar-refractivity contribution is -0.145. The molecule has 0 spiro atoms. The van der Waals surface area contributed by atoms with Crippen molar-refractivity contribution in [2.75, 3.05) is 13.2 Å². The lowest BCUT2D eigenvalue weighted by Crippen LogP contribution is -2.55. The van der Waals surface area contributed by atoms with E-state index in [1.807, 2.05) is 24.3 Å². The molecule has 168 valence electrons. The van der Waals surface area contributed by atoms with Crippen molar-refractivity contribution in [3.63, 3.8) is 0 Å². The summed E-state index contributed by atoms with van der Waals surface area (Å²) < 4.78 is 5.55. The van der Waals surface area contributed by atoms with Crippen LogP contribution in [0, 0.1) is 5.41 Å². The van der Waals surface area contributed by atoms with E-state index in [2.05, 4.69) is 34.9 Å². The Morgan fingerprint density at radius 2 is 1.66 bits per heavy atom. The first-order valence-electron chi connectivity index (χ1n) is 11.1. The van der Waals surface area contributed by atoms with Gasteiger partial charge in [-0.2, -0.15) is 0 Å². The molecule has 0 saturated heterocycles. The van der Waals surface area contributed by atoms with E-state index in [0.29, 0.717) is 19.3 Å². The van der Waals surface area contributed by atoms with Gasteiger partial charge in [0.05, 0.1) is 5.41 Å². The van der Waals surface area contributed by atoms with Crippen molar-refractivity contribution in [3.05, 3.63) is 59.7 Å². The van der Waals surface area contributed by atoms with Gasteiger partial charge in [0.1, 0.15) is 12.6 Å². The molecule has 0 aliphatic heterocycles. The Morgan fingerprint density at radius 1 is 1.06 bits per heavy atom. The van der Waals surface area contributed by atoms with E-state index >= 15 is 0 Å². The number of aliphatic carboxylic acids is 1. The van der Waals surface area contributed by atoms with Gasteiger partial charge >= 0.3 is 12.1 Å². The summed E-state index contributed by atoms with van der Waals surface area (Å²) in [6, 6.07) is 15.3. The third-order valence-electron chi connectivity index (χ3n) is 6.72. The molecular formula is C25H28N2O5. The summed E-state index contributed by atoms with van der Waals surface area (Å²) in [5.41, 5.74) is 3.82. The number of fused-ring (bicyclic) bond motifs is 3. The Labute approximate surface area is 187 Å². The second kappa shape index (κ2) is 9.02. The fourth-order valence-corrected chi connectivity index (χ4v) is 4.63. The molecule has 0 bridgehead atoms. The van der Waals surface area contributed by atoms with Crippen LogP contribution in [0.1, 0.15) is 49.7 Å². The van der Waals surface area contributed by atoms with Crippen molar-refractivity contribution in [1.82, 2.24) is 10.6 Å². The number of carbonyl (C=O) groups excluding carboxylic acids is 2. The molecule has 3 N–H and O–H groups in total. The van der Waals surface area contributed by atoms with Gasteiger partial charge in [0.25, 0.3) is 0 Å². The first kappa shape index (κ1) is 21.9. The second-order valence-electron chi connectivity index (χ2n) is 8.59. The topological polar surface area (TPSA) is 105 Å². The summed E-state index contributed by atoms with van der Waals surface area (Å²) in [5, 5.41) is 14.5. The lowest BCUT2D eigenvalue weighted by Gasteiger charge is -2.40. The summed E-state index contributed by atoms with van der Waals surface area (Å²) in [7, 11) is 0. The molecule has 32 heavy (non-hydrogen) atoms. The Bertz CT molecular complexity index is 985. The molecular weight excluding hydrogens is 408 g/mol. The molecule has 2 aromatic carbocycles. The van der Waals surface area contributed by atoms with Gasteiger partial charge in [-0.15, -0.1) is 0 Å². The largest absolute Gasteiger partial charge is 0.480 e. The first-order chi connectivity index (χ1) is 15.4. The van der Waals surface area contributed by atoms with Crippen molar-refractivity contribution < 1.29 is 24.2 Å². The van der Waals surface area contributed by atoms with Crippen LogP contribution in [0.3, 0.4) is 0 Å². The number of alkyl carbamates (subject to hydrolysis) is 1. The average Bonchev–Trinajstić information content (AvgIpc) is 3.09. The van der Waals surface area contributed by atoms with Crippen molar-refractivity contribution in [2.24, 2.45) is 5.41 Å². The summed E-state index contributed by atoms with van der Waals surface area (Å²) in [6.45, 7) is 2.04. The number of carboxylic acids is 1. The molecule has 2 aromatic rings. The number of ether oxygens (including phenoxy) is 1. The molecule has 0 radical (unpaired) electrons. The number of rotatable bonds is 8. The molecule has 2 aliphatic rings. The Hall–Kier alpha value is -3.35. The normalized spacial score (nSPS) is 16.8. The number of carbonyl (C=O) groups is 3.